The number of piperidine rings is 2. The molecule has 27 heavy (non-hydrogen) atoms. The number of nitrogens with zero attached hydrogens (tertiary/aromatic N) is 2. The molecular weight excluding hydrogens is 344 g/mol. The fourth-order valence-corrected chi connectivity index (χ4v) is 4.50. The highest BCUT2D eigenvalue weighted by Crippen LogP contribution is 2.29. The van der Waals surface area contributed by atoms with Gasteiger partial charge in [0.05, 0.1) is 0 Å². The normalized spacial score (nSPS) is 26.3. The molecule has 0 spiro atoms. The van der Waals surface area contributed by atoms with Gasteiger partial charge in [-0.2, -0.15) is 0 Å². The van der Waals surface area contributed by atoms with Gasteiger partial charge in [0.1, 0.15) is 6.04 Å². The third-order valence-corrected chi connectivity index (χ3v) is 5.99. The van der Waals surface area contributed by atoms with E-state index in [1.165, 1.54) is 18.4 Å². The Morgan fingerprint density at radius 1 is 1.15 bits per heavy atom. The lowest BCUT2D eigenvalue weighted by atomic mass is 10.00. The summed E-state index contributed by atoms with van der Waals surface area (Å²) >= 11 is 0. The summed E-state index contributed by atoms with van der Waals surface area (Å²) in [6.07, 6.45) is 4.24. The molecule has 144 valence electrons. The van der Waals surface area contributed by atoms with Gasteiger partial charge in [-0.1, -0.05) is 18.6 Å². The maximum absolute atomic E-state index is 12.8. The number of nitrogens with two attached hydrogens (primary N) is 1. The molecule has 0 aromatic heterocycles. The van der Waals surface area contributed by atoms with Crippen LogP contribution in [0.2, 0.25) is 0 Å². The highest BCUT2D eigenvalue weighted by molar-refractivity contribution is 6.05. The first kappa shape index (κ1) is 18.1. The van der Waals surface area contributed by atoms with Crippen molar-refractivity contribution in [3.8, 4) is 0 Å². The zero-order valence-electron chi connectivity index (χ0n) is 15.4. The van der Waals surface area contributed by atoms with Crippen molar-refractivity contribution in [2.24, 2.45) is 5.73 Å². The first-order valence-electron chi connectivity index (χ1n) is 9.77. The van der Waals surface area contributed by atoms with Crippen LogP contribution in [0, 0.1) is 0 Å². The van der Waals surface area contributed by atoms with Crippen LogP contribution in [0.4, 0.5) is 0 Å². The van der Waals surface area contributed by atoms with E-state index < -0.39 is 6.04 Å². The van der Waals surface area contributed by atoms with E-state index in [0.717, 1.165) is 25.1 Å². The minimum atomic E-state index is -0.560. The van der Waals surface area contributed by atoms with Crippen LogP contribution in [-0.2, 0) is 22.7 Å². The molecule has 2 atom stereocenters. The Bertz CT molecular complexity index is 778. The van der Waals surface area contributed by atoms with E-state index in [2.05, 4.69) is 16.3 Å². The summed E-state index contributed by atoms with van der Waals surface area (Å²) in [5.41, 5.74) is 8.72. The molecule has 3 amide bonds. The first-order valence-corrected chi connectivity index (χ1v) is 9.77. The molecular formula is C20H26N4O3. The van der Waals surface area contributed by atoms with Crippen molar-refractivity contribution in [1.82, 2.24) is 15.1 Å². The molecule has 0 radical (unpaired) electrons. The summed E-state index contributed by atoms with van der Waals surface area (Å²) in [7, 11) is 0. The maximum atomic E-state index is 12.8. The molecule has 3 N–H and O–H groups in total. The van der Waals surface area contributed by atoms with Crippen molar-refractivity contribution in [2.75, 3.05) is 13.1 Å². The number of carbonyl (C=O) groups excluding carboxylic acids is 3. The molecule has 0 bridgehead atoms. The largest absolute Gasteiger partial charge is 0.329 e. The number of nitrogens with one attached hydrogen (secondary N) is 1. The summed E-state index contributed by atoms with van der Waals surface area (Å²) in [6, 6.07) is 5.83. The topological polar surface area (TPSA) is 95.7 Å². The Morgan fingerprint density at radius 3 is 2.78 bits per heavy atom. The fourth-order valence-electron chi connectivity index (χ4n) is 4.50. The van der Waals surface area contributed by atoms with E-state index in [4.69, 9.17) is 5.73 Å². The zero-order valence-corrected chi connectivity index (χ0v) is 15.4. The van der Waals surface area contributed by atoms with Gasteiger partial charge in [0, 0.05) is 37.7 Å². The number of fused-ring (bicyclic) bond motifs is 1. The van der Waals surface area contributed by atoms with Crippen molar-refractivity contribution in [1.29, 1.82) is 0 Å². The summed E-state index contributed by atoms with van der Waals surface area (Å²) in [5.74, 6) is -0.755. The Labute approximate surface area is 158 Å². The number of benzene rings is 1. The van der Waals surface area contributed by atoms with Gasteiger partial charge in [-0.25, -0.2) is 0 Å². The maximum Gasteiger partial charge on any atom is 0.255 e. The number of imide groups is 1. The molecule has 2 unspecified atom stereocenters. The van der Waals surface area contributed by atoms with E-state index in [1.807, 2.05) is 12.1 Å². The van der Waals surface area contributed by atoms with Crippen LogP contribution in [-0.4, -0.2) is 52.7 Å². The molecule has 0 aliphatic carbocycles. The average molecular weight is 370 g/mol. The number of hydrogen-bond donors (Lipinski definition) is 2. The van der Waals surface area contributed by atoms with E-state index in [9.17, 15) is 14.4 Å². The summed E-state index contributed by atoms with van der Waals surface area (Å²) in [5, 5.41) is 2.34. The molecule has 1 aromatic carbocycles. The minimum absolute atomic E-state index is 0.121. The molecule has 1 aromatic rings. The molecule has 2 fully saturated rings. The van der Waals surface area contributed by atoms with Gasteiger partial charge in [-0.3, -0.25) is 24.6 Å². The third kappa shape index (κ3) is 3.49. The summed E-state index contributed by atoms with van der Waals surface area (Å²) in [4.78, 5) is 40.3. The number of carbonyl (C=O) groups is 3. The highest BCUT2D eigenvalue weighted by Gasteiger charge is 2.39. The second-order valence-corrected chi connectivity index (χ2v) is 7.75. The number of hydrogen-bond acceptors (Lipinski definition) is 5. The predicted molar refractivity (Wildman–Crippen MR) is 99.6 cm³/mol. The molecule has 7 nitrogen and oxygen atoms in total. The quantitative estimate of drug-likeness (QED) is 0.763. The standard InChI is InChI=1S/C20H26N4O3/c21-10-15-3-1-2-8-23(15)11-13-4-5-16-14(9-13)12-24(20(16)27)17-6-7-18(25)22-19(17)26/h4-5,9,15,17H,1-3,6-8,10-12,21H2,(H,22,25,26). The Balaban J connectivity index is 1.49. The smallest absolute Gasteiger partial charge is 0.255 e. The Hall–Kier alpha value is -2.25. The van der Waals surface area contributed by atoms with Gasteiger partial charge in [-0.05, 0) is 43.0 Å². The van der Waals surface area contributed by atoms with Gasteiger partial charge in [0.25, 0.3) is 5.91 Å². The minimum Gasteiger partial charge on any atom is -0.329 e. The van der Waals surface area contributed by atoms with Gasteiger partial charge in [-0.15, -0.1) is 0 Å². The van der Waals surface area contributed by atoms with Gasteiger partial charge in [0.2, 0.25) is 11.8 Å². The van der Waals surface area contributed by atoms with Gasteiger partial charge in [0.15, 0.2) is 0 Å². The predicted octanol–water partition coefficient (Wildman–Crippen LogP) is 0.761. The van der Waals surface area contributed by atoms with Crippen LogP contribution >= 0.6 is 0 Å². The monoisotopic (exact) mass is 370 g/mol. The van der Waals surface area contributed by atoms with Crippen LogP contribution in [0.1, 0.15) is 53.6 Å². The van der Waals surface area contributed by atoms with Crippen molar-refractivity contribution >= 4 is 17.7 Å². The van der Waals surface area contributed by atoms with Crippen molar-refractivity contribution < 1.29 is 14.4 Å². The zero-order chi connectivity index (χ0) is 19.0. The highest BCUT2D eigenvalue weighted by atomic mass is 16.2. The van der Waals surface area contributed by atoms with Crippen LogP contribution < -0.4 is 11.1 Å². The number of likely N-dealkylation sites (tertiary alicyclic amines) is 1. The molecule has 3 heterocycles. The molecule has 3 aliphatic rings. The fraction of sp³-hybridized carbons (Fsp3) is 0.550. The first-order chi connectivity index (χ1) is 13.1. The Morgan fingerprint density at radius 2 is 2.00 bits per heavy atom. The van der Waals surface area contributed by atoms with Crippen LogP contribution in [0.25, 0.3) is 0 Å². The Kier molecular flexibility index (Phi) is 4.97. The second kappa shape index (κ2) is 7.40. The lowest BCUT2D eigenvalue weighted by Gasteiger charge is -2.35. The van der Waals surface area contributed by atoms with Crippen LogP contribution in [0.3, 0.4) is 0 Å². The molecule has 4 rings (SSSR count). The van der Waals surface area contributed by atoms with Gasteiger partial charge >= 0.3 is 0 Å². The molecule has 0 saturated carbocycles. The van der Waals surface area contributed by atoms with Crippen molar-refractivity contribution in [3.63, 3.8) is 0 Å². The average Bonchev–Trinajstić information content (AvgIpc) is 2.98. The molecule has 3 aliphatic heterocycles. The summed E-state index contributed by atoms with van der Waals surface area (Å²) < 4.78 is 0. The molecule has 7 heteroatoms. The lowest BCUT2D eigenvalue weighted by molar-refractivity contribution is -0.136. The van der Waals surface area contributed by atoms with E-state index in [1.54, 1.807) is 4.90 Å². The van der Waals surface area contributed by atoms with E-state index in [-0.39, 0.29) is 24.1 Å². The number of rotatable bonds is 4. The second-order valence-electron chi connectivity index (χ2n) is 7.75. The molecule has 2 saturated heterocycles. The number of amides is 3. The van der Waals surface area contributed by atoms with Crippen molar-refractivity contribution in [3.05, 3.63) is 34.9 Å². The SMILES string of the molecule is NCC1CCCCN1Cc1ccc2c(c1)CN(C1CCC(=O)NC1=O)C2=O. The van der Waals surface area contributed by atoms with Crippen LogP contribution in [0.15, 0.2) is 18.2 Å². The van der Waals surface area contributed by atoms with E-state index >= 15 is 0 Å². The third-order valence-electron chi connectivity index (χ3n) is 5.99. The van der Waals surface area contributed by atoms with Crippen LogP contribution in [0.5, 0.6) is 0 Å². The van der Waals surface area contributed by atoms with E-state index in [0.29, 0.717) is 31.1 Å². The lowest BCUT2D eigenvalue weighted by Crippen LogP contribution is -2.52. The van der Waals surface area contributed by atoms with Gasteiger partial charge < -0.3 is 10.6 Å². The summed E-state index contributed by atoms with van der Waals surface area (Å²) in [6.45, 7) is 2.99. The van der Waals surface area contributed by atoms with Crippen molar-refractivity contribution in [2.45, 2.75) is 57.3 Å².